The number of hydrogen-bond acceptors (Lipinski definition) is 8. The van der Waals surface area contributed by atoms with Gasteiger partial charge in [-0.2, -0.15) is 0 Å². The first-order valence-electron chi connectivity index (χ1n) is 6.57. The van der Waals surface area contributed by atoms with Crippen molar-refractivity contribution in [1.82, 2.24) is 0 Å². The Bertz CT molecular complexity index is 376. The molecule has 0 saturated carbocycles. The van der Waals surface area contributed by atoms with E-state index in [0.717, 1.165) is 18.2 Å². The molecule has 0 fully saturated rings. The molecule has 0 aliphatic carbocycles. The molecule has 0 aromatic carbocycles. The summed E-state index contributed by atoms with van der Waals surface area (Å²) in [4.78, 5) is 27.8. The van der Waals surface area contributed by atoms with E-state index in [9.17, 15) is 14.4 Å². The highest BCUT2D eigenvalue weighted by Gasteiger charge is 2.36. The Morgan fingerprint density at radius 2 is 1.04 bits per heavy atom. The zero-order chi connectivity index (χ0) is 21.8. The summed E-state index contributed by atoms with van der Waals surface area (Å²) >= 11 is 0. The van der Waals surface area contributed by atoms with Crippen LogP contribution in [-0.4, -0.2) is 86.9 Å². The number of aliphatic hydroxyl groups is 4. The second-order valence-electron chi connectivity index (χ2n) is 4.05. The van der Waals surface area contributed by atoms with Gasteiger partial charge in [-0.3, -0.25) is 0 Å². The summed E-state index contributed by atoms with van der Waals surface area (Å²) in [5.74, 6) is -2.94. The zero-order valence-electron chi connectivity index (χ0n) is 14.3. The fourth-order valence-electron chi connectivity index (χ4n) is 0.634. The third kappa shape index (κ3) is 21.4. The minimum absolute atomic E-state index is 0.533. The van der Waals surface area contributed by atoms with Gasteiger partial charge in [-0.15, -0.1) is 0 Å². The molecular formula is C15H26O11. The highest BCUT2D eigenvalue weighted by Crippen LogP contribution is 2.20. The summed E-state index contributed by atoms with van der Waals surface area (Å²) in [6.07, 6.45) is 1.14. The Labute approximate surface area is 150 Å². The fourth-order valence-corrected chi connectivity index (χ4v) is 0.634. The van der Waals surface area contributed by atoms with Crippen LogP contribution in [-0.2, 0) is 19.1 Å². The highest BCUT2D eigenvalue weighted by molar-refractivity contribution is 5.79. The highest BCUT2D eigenvalue weighted by atomic mass is 16.6. The maximum atomic E-state index is 9.25. The minimum Gasteiger partial charge on any atom is -0.478 e. The lowest BCUT2D eigenvalue weighted by Crippen LogP contribution is -2.46. The predicted molar refractivity (Wildman–Crippen MR) is 90.2 cm³/mol. The molecule has 0 aliphatic heterocycles. The van der Waals surface area contributed by atoms with Crippen molar-refractivity contribution in [2.24, 2.45) is 5.41 Å². The lowest BCUT2D eigenvalue weighted by Gasteiger charge is -2.31. The van der Waals surface area contributed by atoms with E-state index in [-0.39, 0.29) is 0 Å². The fraction of sp³-hybridized carbons (Fsp3) is 0.400. The van der Waals surface area contributed by atoms with Crippen molar-refractivity contribution in [3.05, 3.63) is 38.0 Å². The van der Waals surface area contributed by atoms with E-state index in [1.54, 1.807) is 0 Å². The molecule has 0 aromatic heterocycles. The zero-order valence-corrected chi connectivity index (χ0v) is 14.3. The number of hydrogen-bond donors (Lipinski definition) is 7. The van der Waals surface area contributed by atoms with Crippen LogP contribution in [0.25, 0.3) is 0 Å². The minimum atomic E-state index is -1.37. The van der Waals surface area contributed by atoms with Crippen LogP contribution in [0.4, 0.5) is 0 Å². The number of aliphatic hydroxyl groups excluding tert-OH is 4. The topological polar surface area (TPSA) is 202 Å². The van der Waals surface area contributed by atoms with Crippen LogP contribution in [0.15, 0.2) is 38.0 Å². The van der Waals surface area contributed by atoms with Gasteiger partial charge in [0.25, 0.3) is 0 Å². The molecule has 7 N–H and O–H groups in total. The molecule has 11 nitrogen and oxygen atoms in total. The quantitative estimate of drug-likeness (QED) is 0.194. The molecule has 0 rings (SSSR count). The molecule has 0 aliphatic rings. The Morgan fingerprint density at radius 3 is 1.08 bits per heavy atom. The number of ether oxygens (including phenoxy) is 1. The molecular weight excluding hydrogens is 356 g/mol. The third-order valence-electron chi connectivity index (χ3n) is 2.22. The Kier molecular flexibility index (Phi) is 24.6. The largest absolute Gasteiger partial charge is 0.478 e. The molecule has 26 heavy (non-hydrogen) atoms. The van der Waals surface area contributed by atoms with Gasteiger partial charge in [0, 0.05) is 25.3 Å². The molecule has 0 radical (unpaired) electrons. The first-order chi connectivity index (χ1) is 12.0. The van der Waals surface area contributed by atoms with Gasteiger partial charge < -0.3 is 40.5 Å². The molecule has 0 spiro atoms. The van der Waals surface area contributed by atoms with Gasteiger partial charge in [0.2, 0.25) is 0 Å². The van der Waals surface area contributed by atoms with Crippen molar-refractivity contribution >= 4 is 17.9 Å². The van der Waals surface area contributed by atoms with E-state index >= 15 is 0 Å². The summed E-state index contributed by atoms with van der Waals surface area (Å²) in [7, 11) is 1.22. The van der Waals surface area contributed by atoms with E-state index in [4.69, 9.17) is 35.7 Å². The van der Waals surface area contributed by atoms with E-state index in [1.807, 2.05) is 0 Å². The lowest BCUT2D eigenvalue weighted by molar-refractivity contribution is -0.198. The van der Waals surface area contributed by atoms with Crippen molar-refractivity contribution in [2.45, 2.75) is 6.29 Å². The summed E-state index contributed by atoms with van der Waals surface area (Å²) < 4.78 is 4.46. The average Bonchev–Trinajstić information content (AvgIpc) is 2.64. The van der Waals surface area contributed by atoms with Gasteiger partial charge in [-0.25, -0.2) is 14.4 Å². The van der Waals surface area contributed by atoms with Gasteiger partial charge in [0.05, 0.1) is 25.2 Å². The van der Waals surface area contributed by atoms with Crippen LogP contribution in [0.5, 0.6) is 0 Å². The molecule has 0 aromatic rings. The van der Waals surface area contributed by atoms with Crippen LogP contribution >= 0.6 is 0 Å². The Hall–Kier alpha value is -2.57. The van der Waals surface area contributed by atoms with E-state index in [0.29, 0.717) is 0 Å². The van der Waals surface area contributed by atoms with Crippen LogP contribution in [0.3, 0.4) is 0 Å². The number of carboxylic acids is 3. The number of rotatable bonds is 8. The van der Waals surface area contributed by atoms with Crippen molar-refractivity contribution in [3.63, 3.8) is 0 Å². The molecule has 152 valence electrons. The van der Waals surface area contributed by atoms with E-state index in [1.165, 1.54) is 7.11 Å². The first-order valence-corrected chi connectivity index (χ1v) is 6.57. The summed E-state index contributed by atoms with van der Waals surface area (Å²) in [5.41, 5.74) is -1.37. The average molecular weight is 382 g/mol. The molecule has 1 unspecified atom stereocenters. The number of carbonyl (C=O) groups is 3. The Morgan fingerprint density at radius 1 is 0.846 bits per heavy atom. The van der Waals surface area contributed by atoms with Crippen LogP contribution in [0.1, 0.15) is 0 Å². The molecule has 0 bridgehead atoms. The molecule has 0 heterocycles. The third-order valence-corrected chi connectivity index (χ3v) is 2.22. The second-order valence-corrected chi connectivity index (χ2v) is 4.05. The maximum Gasteiger partial charge on any atom is 0.327 e. The van der Waals surface area contributed by atoms with Crippen molar-refractivity contribution in [3.8, 4) is 0 Å². The molecule has 1 atom stereocenters. The Balaban J connectivity index is -0.000000136. The van der Waals surface area contributed by atoms with Gasteiger partial charge in [0.1, 0.15) is 0 Å². The summed E-state index contributed by atoms with van der Waals surface area (Å²) in [6.45, 7) is 7.28. The van der Waals surface area contributed by atoms with Gasteiger partial charge in [-0.05, 0) is 0 Å². The monoisotopic (exact) mass is 382 g/mol. The van der Waals surface area contributed by atoms with Gasteiger partial charge in [0.15, 0.2) is 6.29 Å². The molecule has 0 saturated heterocycles. The predicted octanol–water partition coefficient (Wildman–Crippen LogP) is -1.31. The molecule has 11 heteroatoms. The second kappa shape index (κ2) is 20.5. The lowest BCUT2D eigenvalue weighted by atomic mass is 9.90. The number of methoxy groups -OCH3 is 1. The van der Waals surface area contributed by atoms with E-state index in [2.05, 4.69) is 24.5 Å². The first kappa shape index (κ1) is 31.2. The van der Waals surface area contributed by atoms with Crippen molar-refractivity contribution in [1.29, 1.82) is 0 Å². The maximum absolute atomic E-state index is 9.25. The summed E-state index contributed by atoms with van der Waals surface area (Å²) in [5, 5.41) is 58.0. The smallest absolute Gasteiger partial charge is 0.327 e. The standard InChI is InChI=1S/C6H14O5.3C3H4O2/c1-11-5(10)6(2-7,3-8)4-9;3*1-2-3(4)5/h5,7-10H,2-4H2,1H3;3*2H,1H2,(H,4,5). The van der Waals surface area contributed by atoms with E-state index < -0.39 is 49.4 Å². The van der Waals surface area contributed by atoms with Crippen LogP contribution < -0.4 is 0 Å². The summed E-state index contributed by atoms with van der Waals surface area (Å²) in [6, 6.07) is 0. The van der Waals surface area contributed by atoms with Crippen LogP contribution in [0, 0.1) is 5.41 Å². The van der Waals surface area contributed by atoms with Crippen molar-refractivity contribution in [2.75, 3.05) is 26.9 Å². The normalized spacial score (nSPS) is 10.0. The molecule has 0 amide bonds. The number of aliphatic carboxylic acids is 3. The van der Waals surface area contributed by atoms with Gasteiger partial charge >= 0.3 is 17.9 Å². The van der Waals surface area contributed by atoms with Crippen LogP contribution in [0.2, 0.25) is 0 Å². The SMILES string of the molecule is C=CC(=O)O.C=CC(=O)O.C=CC(=O)O.COC(O)C(CO)(CO)CO. The van der Waals surface area contributed by atoms with Crippen molar-refractivity contribution < 1.29 is 54.9 Å². The number of carboxylic acid groups (broad SMARTS) is 3. The van der Waals surface area contributed by atoms with Gasteiger partial charge in [-0.1, -0.05) is 19.7 Å².